The maximum atomic E-state index is 10.4. The maximum absolute atomic E-state index is 10.4. The number of carbonyl (C=O) groups is 1. The van der Waals surface area contributed by atoms with Gasteiger partial charge in [0.15, 0.2) is 0 Å². The fourth-order valence-electron chi connectivity index (χ4n) is 0.905. The molecule has 0 rings (SSSR count). The third-order valence-corrected chi connectivity index (χ3v) is 1.82. The lowest BCUT2D eigenvalue weighted by Crippen LogP contribution is -2.16. The summed E-state index contributed by atoms with van der Waals surface area (Å²) in [7, 11) is 0. The van der Waals surface area contributed by atoms with Crippen molar-refractivity contribution in [3.63, 3.8) is 0 Å². The molecular formula is C10H19NO2. The second-order valence-corrected chi connectivity index (χ2v) is 3.08. The Morgan fingerprint density at radius 3 is 2.69 bits per heavy atom. The molecule has 3 nitrogen and oxygen atoms in total. The van der Waals surface area contributed by atoms with Crippen LogP contribution >= 0.6 is 0 Å². The molecule has 0 aromatic heterocycles. The van der Waals surface area contributed by atoms with E-state index in [2.05, 4.69) is 12.2 Å². The molecule has 3 heteroatoms. The summed E-state index contributed by atoms with van der Waals surface area (Å²) in [6, 6.07) is 0. The predicted octanol–water partition coefficient (Wildman–Crippen LogP) is 1.80. The Bertz CT molecular complexity index is 176. The zero-order chi connectivity index (χ0) is 10.1. The van der Waals surface area contributed by atoms with E-state index in [0.717, 1.165) is 19.5 Å². The quantitative estimate of drug-likeness (QED) is 0.469. The van der Waals surface area contributed by atoms with Gasteiger partial charge in [0.1, 0.15) is 0 Å². The summed E-state index contributed by atoms with van der Waals surface area (Å²) >= 11 is 0. The number of aliphatic carboxylic acids is 1. The second-order valence-electron chi connectivity index (χ2n) is 3.08. The molecule has 76 valence electrons. The number of hydrogen-bond acceptors (Lipinski definition) is 2. The van der Waals surface area contributed by atoms with Gasteiger partial charge in [-0.25, -0.2) is 4.79 Å². The van der Waals surface area contributed by atoms with Crippen LogP contribution in [0.1, 0.15) is 33.1 Å². The number of unbranched alkanes of at least 4 members (excludes halogenated alkanes) is 1. The minimum Gasteiger partial charge on any atom is -0.478 e. The highest BCUT2D eigenvalue weighted by molar-refractivity contribution is 5.85. The zero-order valence-electron chi connectivity index (χ0n) is 8.47. The van der Waals surface area contributed by atoms with Crippen molar-refractivity contribution in [3.05, 3.63) is 11.6 Å². The lowest BCUT2D eigenvalue weighted by molar-refractivity contribution is -0.132. The molecule has 0 aliphatic rings. The molecule has 0 heterocycles. The minimum absolute atomic E-state index is 0.428. The Labute approximate surface area is 79.8 Å². The molecular weight excluding hydrogens is 166 g/mol. The van der Waals surface area contributed by atoms with E-state index < -0.39 is 5.97 Å². The van der Waals surface area contributed by atoms with Gasteiger partial charge in [0, 0.05) is 5.57 Å². The van der Waals surface area contributed by atoms with E-state index in [0.29, 0.717) is 5.57 Å². The highest BCUT2D eigenvalue weighted by atomic mass is 16.4. The standard InChI is InChI=1S/C10H19NO2/c1-3-4-7-11-8-5-6-9(2)10(12)13/h6,11H,3-5,7-8H2,1-2H3,(H,12,13)/b9-6+. The first-order valence-corrected chi connectivity index (χ1v) is 4.79. The molecule has 2 N–H and O–H groups in total. The SMILES string of the molecule is CCCCNCC/C=C(\C)C(=O)O. The molecule has 0 aliphatic heterocycles. The predicted molar refractivity (Wildman–Crippen MR) is 53.8 cm³/mol. The van der Waals surface area contributed by atoms with Crippen molar-refractivity contribution >= 4 is 5.97 Å². The van der Waals surface area contributed by atoms with Crippen LogP contribution in [-0.4, -0.2) is 24.2 Å². The second kappa shape index (κ2) is 7.80. The Hall–Kier alpha value is -0.830. The molecule has 0 fully saturated rings. The average molecular weight is 185 g/mol. The minimum atomic E-state index is -0.825. The number of nitrogens with one attached hydrogen (secondary N) is 1. The van der Waals surface area contributed by atoms with E-state index >= 15 is 0 Å². The fourth-order valence-corrected chi connectivity index (χ4v) is 0.905. The third-order valence-electron chi connectivity index (χ3n) is 1.82. The first-order chi connectivity index (χ1) is 6.18. The van der Waals surface area contributed by atoms with Crippen molar-refractivity contribution < 1.29 is 9.90 Å². The van der Waals surface area contributed by atoms with Gasteiger partial charge in [0.05, 0.1) is 0 Å². The summed E-state index contributed by atoms with van der Waals surface area (Å²) in [6.45, 7) is 5.66. The van der Waals surface area contributed by atoms with Crippen molar-refractivity contribution in [2.45, 2.75) is 33.1 Å². The van der Waals surface area contributed by atoms with Gasteiger partial charge in [-0.15, -0.1) is 0 Å². The molecule has 0 saturated heterocycles. The Morgan fingerprint density at radius 1 is 1.46 bits per heavy atom. The molecule has 0 bridgehead atoms. The molecule has 0 aliphatic carbocycles. The van der Waals surface area contributed by atoms with Crippen molar-refractivity contribution in [1.82, 2.24) is 5.32 Å². The Morgan fingerprint density at radius 2 is 2.15 bits per heavy atom. The zero-order valence-corrected chi connectivity index (χ0v) is 8.47. The third kappa shape index (κ3) is 7.53. The molecule has 13 heavy (non-hydrogen) atoms. The van der Waals surface area contributed by atoms with E-state index in [1.165, 1.54) is 12.8 Å². The van der Waals surface area contributed by atoms with E-state index in [1.54, 1.807) is 13.0 Å². The lowest BCUT2D eigenvalue weighted by Gasteiger charge is -2.00. The number of rotatable bonds is 7. The van der Waals surface area contributed by atoms with Gasteiger partial charge in [0.2, 0.25) is 0 Å². The smallest absolute Gasteiger partial charge is 0.330 e. The number of carboxylic acid groups (broad SMARTS) is 1. The first kappa shape index (κ1) is 12.2. The molecule has 0 spiro atoms. The molecule has 0 aromatic carbocycles. The summed E-state index contributed by atoms with van der Waals surface area (Å²) in [6.07, 6.45) is 4.92. The topological polar surface area (TPSA) is 49.3 Å². The summed E-state index contributed by atoms with van der Waals surface area (Å²) in [5, 5.41) is 11.8. The van der Waals surface area contributed by atoms with Gasteiger partial charge >= 0.3 is 5.97 Å². The summed E-state index contributed by atoms with van der Waals surface area (Å²) in [5.41, 5.74) is 0.428. The fraction of sp³-hybridized carbons (Fsp3) is 0.700. The molecule has 0 amide bonds. The summed E-state index contributed by atoms with van der Waals surface area (Å²) in [5.74, 6) is -0.825. The van der Waals surface area contributed by atoms with Crippen molar-refractivity contribution in [2.24, 2.45) is 0 Å². The average Bonchev–Trinajstić information content (AvgIpc) is 2.10. The van der Waals surface area contributed by atoms with Crippen LogP contribution < -0.4 is 5.32 Å². The summed E-state index contributed by atoms with van der Waals surface area (Å²) in [4.78, 5) is 10.4. The van der Waals surface area contributed by atoms with Crippen LogP contribution in [0.3, 0.4) is 0 Å². The number of hydrogen-bond donors (Lipinski definition) is 2. The molecule has 0 atom stereocenters. The Balaban J connectivity index is 3.34. The van der Waals surface area contributed by atoms with Crippen LogP contribution in [0.15, 0.2) is 11.6 Å². The van der Waals surface area contributed by atoms with Crippen LogP contribution in [0.25, 0.3) is 0 Å². The lowest BCUT2D eigenvalue weighted by atomic mass is 10.2. The Kier molecular flexibility index (Phi) is 7.30. The molecule has 0 unspecified atom stereocenters. The van der Waals surface area contributed by atoms with E-state index in [4.69, 9.17) is 5.11 Å². The number of carboxylic acids is 1. The first-order valence-electron chi connectivity index (χ1n) is 4.79. The van der Waals surface area contributed by atoms with Crippen molar-refractivity contribution in [2.75, 3.05) is 13.1 Å². The van der Waals surface area contributed by atoms with Crippen LogP contribution in [0, 0.1) is 0 Å². The van der Waals surface area contributed by atoms with E-state index in [9.17, 15) is 4.79 Å². The van der Waals surface area contributed by atoms with Gasteiger partial charge in [-0.2, -0.15) is 0 Å². The van der Waals surface area contributed by atoms with Gasteiger partial charge in [-0.1, -0.05) is 19.4 Å². The molecule has 0 radical (unpaired) electrons. The van der Waals surface area contributed by atoms with E-state index in [-0.39, 0.29) is 0 Å². The van der Waals surface area contributed by atoms with Crippen molar-refractivity contribution in [1.29, 1.82) is 0 Å². The maximum Gasteiger partial charge on any atom is 0.330 e. The summed E-state index contributed by atoms with van der Waals surface area (Å²) < 4.78 is 0. The normalized spacial score (nSPS) is 11.7. The van der Waals surface area contributed by atoms with Crippen LogP contribution in [-0.2, 0) is 4.79 Å². The monoisotopic (exact) mass is 185 g/mol. The van der Waals surface area contributed by atoms with Crippen LogP contribution in [0.2, 0.25) is 0 Å². The molecule has 0 saturated carbocycles. The highest BCUT2D eigenvalue weighted by Crippen LogP contribution is 1.94. The van der Waals surface area contributed by atoms with Crippen LogP contribution in [0.4, 0.5) is 0 Å². The van der Waals surface area contributed by atoms with Gasteiger partial charge in [-0.3, -0.25) is 0 Å². The largest absolute Gasteiger partial charge is 0.478 e. The van der Waals surface area contributed by atoms with Gasteiger partial charge < -0.3 is 10.4 Å². The van der Waals surface area contributed by atoms with E-state index in [1.807, 2.05) is 0 Å². The van der Waals surface area contributed by atoms with Gasteiger partial charge in [0.25, 0.3) is 0 Å². The highest BCUT2D eigenvalue weighted by Gasteiger charge is 1.96. The van der Waals surface area contributed by atoms with Gasteiger partial charge in [-0.05, 0) is 32.9 Å². The van der Waals surface area contributed by atoms with Crippen molar-refractivity contribution in [3.8, 4) is 0 Å². The molecule has 0 aromatic rings. The van der Waals surface area contributed by atoms with Crippen LogP contribution in [0.5, 0.6) is 0 Å².